The van der Waals surface area contributed by atoms with Crippen LogP contribution in [0.15, 0.2) is 21.9 Å². The zero-order valence-electron chi connectivity index (χ0n) is 13.5. The predicted octanol–water partition coefficient (Wildman–Crippen LogP) is 3.43. The molecule has 128 valence electrons. The minimum Gasteiger partial charge on any atom is -0.481 e. The highest BCUT2D eigenvalue weighted by Crippen LogP contribution is 2.27. The van der Waals surface area contributed by atoms with E-state index in [1.54, 1.807) is 10.3 Å². The first kappa shape index (κ1) is 16.7. The Morgan fingerprint density at radius 1 is 1.46 bits per heavy atom. The number of aromatic nitrogens is 1. The minimum atomic E-state index is -0.781. The molecule has 0 spiro atoms. The van der Waals surface area contributed by atoms with Crippen molar-refractivity contribution in [3.8, 4) is 10.8 Å². The Labute approximate surface area is 144 Å². The van der Waals surface area contributed by atoms with Gasteiger partial charge in [-0.05, 0) is 44.2 Å². The zero-order chi connectivity index (χ0) is 17.1. The highest BCUT2D eigenvalue weighted by Gasteiger charge is 2.26. The van der Waals surface area contributed by atoms with Crippen molar-refractivity contribution < 1.29 is 19.1 Å². The number of aliphatic carboxylic acids is 1. The average molecular weight is 348 g/mol. The number of amides is 1. The van der Waals surface area contributed by atoms with Gasteiger partial charge in [-0.3, -0.25) is 9.59 Å². The van der Waals surface area contributed by atoms with E-state index in [1.807, 2.05) is 19.1 Å². The Morgan fingerprint density at radius 3 is 3.00 bits per heavy atom. The summed E-state index contributed by atoms with van der Waals surface area (Å²) < 4.78 is 5.55. The van der Waals surface area contributed by atoms with Gasteiger partial charge < -0.3 is 14.4 Å². The maximum Gasteiger partial charge on any atom is 0.303 e. The first-order valence-corrected chi connectivity index (χ1v) is 8.94. The van der Waals surface area contributed by atoms with E-state index in [9.17, 15) is 9.59 Å². The summed E-state index contributed by atoms with van der Waals surface area (Å²) in [6.45, 7) is 3.18. The quantitative estimate of drug-likeness (QED) is 0.895. The fourth-order valence-electron chi connectivity index (χ4n) is 3.01. The van der Waals surface area contributed by atoms with Crippen molar-refractivity contribution in [2.24, 2.45) is 5.92 Å². The molecule has 3 heterocycles. The number of carboxylic acid groups (broad SMARTS) is 1. The number of thiazole rings is 1. The number of likely N-dealkylation sites (tertiary alicyclic amines) is 1. The third-order valence-corrected chi connectivity index (χ3v) is 5.10. The molecule has 1 atom stereocenters. The van der Waals surface area contributed by atoms with Gasteiger partial charge >= 0.3 is 5.97 Å². The lowest BCUT2D eigenvalue weighted by molar-refractivity contribution is -0.137. The smallest absolute Gasteiger partial charge is 0.303 e. The number of furan rings is 1. The van der Waals surface area contributed by atoms with Gasteiger partial charge in [-0.25, -0.2) is 4.98 Å². The number of nitrogens with zero attached hydrogens (tertiary/aromatic N) is 2. The predicted molar refractivity (Wildman–Crippen MR) is 90.1 cm³/mol. The molecule has 1 fully saturated rings. The van der Waals surface area contributed by atoms with Crippen LogP contribution in [-0.4, -0.2) is 40.0 Å². The molecular weight excluding hydrogens is 328 g/mol. The van der Waals surface area contributed by atoms with Crippen LogP contribution in [0.1, 0.15) is 41.9 Å². The molecule has 7 heteroatoms. The van der Waals surface area contributed by atoms with Gasteiger partial charge in [0.05, 0.1) is 0 Å². The number of hydrogen-bond donors (Lipinski definition) is 1. The summed E-state index contributed by atoms with van der Waals surface area (Å²) >= 11 is 1.39. The van der Waals surface area contributed by atoms with Gasteiger partial charge in [0.2, 0.25) is 0 Å². The van der Waals surface area contributed by atoms with Crippen molar-refractivity contribution in [2.45, 2.75) is 32.6 Å². The topological polar surface area (TPSA) is 83.6 Å². The van der Waals surface area contributed by atoms with E-state index in [0.29, 0.717) is 36.0 Å². The van der Waals surface area contributed by atoms with Crippen LogP contribution in [0.3, 0.4) is 0 Å². The van der Waals surface area contributed by atoms with Crippen molar-refractivity contribution >= 4 is 23.2 Å². The van der Waals surface area contributed by atoms with Crippen LogP contribution in [0.5, 0.6) is 0 Å². The van der Waals surface area contributed by atoms with Crippen LogP contribution in [0.2, 0.25) is 0 Å². The van der Waals surface area contributed by atoms with E-state index in [0.717, 1.165) is 18.6 Å². The third kappa shape index (κ3) is 3.84. The van der Waals surface area contributed by atoms with Gasteiger partial charge in [-0.1, -0.05) is 0 Å². The molecule has 1 saturated heterocycles. The molecule has 0 saturated carbocycles. The fourth-order valence-corrected chi connectivity index (χ4v) is 3.76. The van der Waals surface area contributed by atoms with Crippen LogP contribution in [0, 0.1) is 12.8 Å². The highest BCUT2D eigenvalue weighted by atomic mass is 32.1. The lowest BCUT2D eigenvalue weighted by atomic mass is 9.93. The first-order valence-electron chi connectivity index (χ1n) is 8.06. The van der Waals surface area contributed by atoms with Gasteiger partial charge in [0, 0.05) is 24.9 Å². The van der Waals surface area contributed by atoms with E-state index in [1.165, 1.54) is 11.3 Å². The van der Waals surface area contributed by atoms with Crippen molar-refractivity contribution in [1.82, 2.24) is 9.88 Å². The molecule has 3 rings (SSSR count). The SMILES string of the molecule is Cc1ccc(-c2nc(C(=O)N3CCCC(CCC(=O)O)C3)cs2)o1. The number of piperidine rings is 1. The van der Waals surface area contributed by atoms with Gasteiger partial charge in [-0.15, -0.1) is 11.3 Å². The lowest BCUT2D eigenvalue weighted by Crippen LogP contribution is -2.40. The average Bonchev–Trinajstić information content (AvgIpc) is 3.21. The maximum atomic E-state index is 12.7. The van der Waals surface area contributed by atoms with Gasteiger partial charge in [0.25, 0.3) is 5.91 Å². The molecule has 2 aromatic heterocycles. The molecule has 0 bridgehead atoms. The van der Waals surface area contributed by atoms with Crippen LogP contribution in [0.25, 0.3) is 10.8 Å². The summed E-state index contributed by atoms with van der Waals surface area (Å²) in [6, 6.07) is 3.72. The van der Waals surface area contributed by atoms with E-state index in [2.05, 4.69) is 4.98 Å². The van der Waals surface area contributed by atoms with Gasteiger partial charge in [0.1, 0.15) is 11.5 Å². The number of hydrogen-bond acceptors (Lipinski definition) is 5. The molecule has 0 aliphatic carbocycles. The Balaban J connectivity index is 1.65. The summed E-state index contributed by atoms with van der Waals surface area (Å²) in [5, 5.41) is 11.3. The van der Waals surface area contributed by atoms with Gasteiger partial charge in [0.15, 0.2) is 10.8 Å². The van der Waals surface area contributed by atoms with E-state index in [-0.39, 0.29) is 18.2 Å². The lowest BCUT2D eigenvalue weighted by Gasteiger charge is -2.32. The Kier molecular flexibility index (Phi) is 4.99. The second-order valence-corrected chi connectivity index (χ2v) is 7.00. The highest BCUT2D eigenvalue weighted by molar-refractivity contribution is 7.13. The molecular formula is C17H20N2O4S. The standard InChI is InChI=1S/C17H20N2O4S/c1-11-4-6-14(23-11)16-18-13(10-24-16)17(22)19-8-2-3-12(9-19)5-7-15(20)21/h4,6,10,12H,2-3,5,7-9H2,1H3,(H,20,21). The normalized spacial score (nSPS) is 17.9. The van der Waals surface area contributed by atoms with E-state index < -0.39 is 5.97 Å². The van der Waals surface area contributed by atoms with Crippen LogP contribution < -0.4 is 0 Å². The second kappa shape index (κ2) is 7.17. The maximum absolute atomic E-state index is 12.7. The fraction of sp³-hybridized carbons (Fsp3) is 0.471. The third-order valence-electron chi connectivity index (χ3n) is 4.25. The van der Waals surface area contributed by atoms with Crippen molar-refractivity contribution in [2.75, 3.05) is 13.1 Å². The number of aryl methyl sites for hydroxylation is 1. The molecule has 6 nitrogen and oxygen atoms in total. The summed E-state index contributed by atoms with van der Waals surface area (Å²) in [4.78, 5) is 29.6. The monoisotopic (exact) mass is 348 g/mol. The molecule has 24 heavy (non-hydrogen) atoms. The molecule has 1 unspecified atom stereocenters. The number of rotatable bonds is 5. The molecule has 1 aliphatic heterocycles. The number of carboxylic acids is 1. The number of carbonyl (C=O) groups is 2. The van der Waals surface area contributed by atoms with Crippen molar-refractivity contribution in [1.29, 1.82) is 0 Å². The summed E-state index contributed by atoms with van der Waals surface area (Å²) in [7, 11) is 0. The minimum absolute atomic E-state index is 0.0826. The van der Waals surface area contributed by atoms with E-state index >= 15 is 0 Å². The second-order valence-electron chi connectivity index (χ2n) is 6.14. The van der Waals surface area contributed by atoms with Crippen molar-refractivity contribution in [3.05, 3.63) is 29.0 Å². The van der Waals surface area contributed by atoms with Crippen LogP contribution in [0.4, 0.5) is 0 Å². The van der Waals surface area contributed by atoms with Crippen LogP contribution >= 0.6 is 11.3 Å². The van der Waals surface area contributed by atoms with Gasteiger partial charge in [-0.2, -0.15) is 0 Å². The summed E-state index contributed by atoms with van der Waals surface area (Å²) in [5.41, 5.74) is 0.433. The molecule has 0 radical (unpaired) electrons. The first-order chi connectivity index (χ1) is 11.5. The van der Waals surface area contributed by atoms with E-state index in [4.69, 9.17) is 9.52 Å². The summed E-state index contributed by atoms with van der Waals surface area (Å²) in [5.74, 6) is 0.877. The Bertz CT molecular complexity index is 737. The molecule has 1 amide bonds. The summed E-state index contributed by atoms with van der Waals surface area (Å²) in [6.07, 6.45) is 2.66. The molecule has 1 aliphatic rings. The Hall–Kier alpha value is -2.15. The zero-order valence-corrected chi connectivity index (χ0v) is 14.3. The molecule has 1 N–H and O–H groups in total. The molecule has 0 aromatic carbocycles. The van der Waals surface area contributed by atoms with Crippen molar-refractivity contribution in [3.63, 3.8) is 0 Å². The van der Waals surface area contributed by atoms with Crippen LogP contribution in [-0.2, 0) is 4.79 Å². The Morgan fingerprint density at radius 2 is 2.29 bits per heavy atom. The number of carbonyl (C=O) groups excluding carboxylic acids is 1. The largest absolute Gasteiger partial charge is 0.481 e. The molecule has 2 aromatic rings.